The van der Waals surface area contributed by atoms with E-state index in [1.165, 1.54) is 38.5 Å². The van der Waals surface area contributed by atoms with E-state index in [0.717, 1.165) is 68.9 Å². The van der Waals surface area contributed by atoms with Gasteiger partial charge in [-0.1, -0.05) is 32.4 Å². The highest BCUT2D eigenvalue weighted by atomic mass is 16.7. The average Bonchev–Trinajstić information content (AvgIpc) is 3.31. The van der Waals surface area contributed by atoms with E-state index in [9.17, 15) is 4.79 Å². The summed E-state index contributed by atoms with van der Waals surface area (Å²) in [5.74, 6) is 3.75. The van der Waals surface area contributed by atoms with Gasteiger partial charge in [0.2, 0.25) is 0 Å². The van der Waals surface area contributed by atoms with Gasteiger partial charge in [0, 0.05) is 19.3 Å². The van der Waals surface area contributed by atoms with Crippen LogP contribution >= 0.6 is 0 Å². The van der Waals surface area contributed by atoms with E-state index in [1.807, 2.05) is 0 Å². The van der Waals surface area contributed by atoms with Crippen molar-refractivity contribution < 1.29 is 14.3 Å². The summed E-state index contributed by atoms with van der Waals surface area (Å²) in [6, 6.07) is 0. The molecule has 5 aliphatic rings. The van der Waals surface area contributed by atoms with Gasteiger partial charge in [0.25, 0.3) is 0 Å². The summed E-state index contributed by atoms with van der Waals surface area (Å²) in [6.45, 7) is 9.12. The van der Waals surface area contributed by atoms with Crippen molar-refractivity contribution in [3.63, 3.8) is 0 Å². The first-order chi connectivity index (χ1) is 13.9. The average molecular weight is 401 g/mol. The van der Waals surface area contributed by atoms with Crippen LogP contribution in [0.25, 0.3) is 0 Å². The molecule has 29 heavy (non-hydrogen) atoms. The van der Waals surface area contributed by atoms with E-state index in [4.69, 9.17) is 9.47 Å². The molecule has 0 radical (unpaired) electrons. The zero-order valence-corrected chi connectivity index (χ0v) is 18.8. The van der Waals surface area contributed by atoms with E-state index in [0.29, 0.717) is 16.7 Å². The molecule has 3 nitrogen and oxygen atoms in total. The SMILES string of the molecule is C[C@H](CCC=O)[C@H]1CC[C@H]2[C@@H]3CC=C4CC5(CC[C@]4(C)[C@H]3CC[C@]12C)OCCO5. The molecular weight excluding hydrogens is 360 g/mol. The van der Waals surface area contributed by atoms with Gasteiger partial charge in [0.05, 0.1) is 13.2 Å². The molecule has 4 fully saturated rings. The normalized spacial score (nSPS) is 46.5. The van der Waals surface area contributed by atoms with Gasteiger partial charge < -0.3 is 14.3 Å². The number of fused-ring (bicyclic) bond motifs is 5. The van der Waals surface area contributed by atoms with Crippen molar-refractivity contribution in [1.29, 1.82) is 0 Å². The molecule has 0 amide bonds. The van der Waals surface area contributed by atoms with E-state index in [1.54, 1.807) is 5.57 Å². The van der Waals surface area contributed by atoms with Crippen LogP contribution in [0.3, 0.4) is 0 Å². The molecule has 1 heterocycles. The Hall–Kier alpha value is -0.670. The summed E-state index contributed by atoms with van der Waals surface area (Å²) in [5, 5.41) is 0. The Bertz CT molecular complexity index is 677. The van der Waals surface area contributed by atoms with Crippen molar-refractivity contribution >= 4 is 6.29 Å². The van der Waals surface area contributed by atoms with Crippen LogP contribution in [0.15, 0.2) is 11.6 Å². The lowest BCUT2D eigenvalue weighted by Gasteiger charge is -2.59. The molecule has 1 aliphatic heterocycles. The Labute approximate surface area is 177 Å². The first kappa shape index (κ1) is 20.2. The Morgan fingerprint density at radius 1 is 1.10 bits per heavy atom. The van der Waals surface area contributed by atoms with Gasteiger partial charge in [-0.25, -0.2) is 0 Å². The Balaban J connectivity index is 1.37. The molecular formula is C26H40O3. The maximum Gasteiger partial charge on any atom is 0.172 e. The molecule has 3 saturated carbocycles. The maximum atomic E-state index is 10.9. The van der Waals surface area contributed by atoms with Crippen LogP contribution in [0.2, 0.25) is 0 Å². The Kier molecular flexibility index (Phi) is 5.02. The van der Waals surface area contributed by atoms with E-state index < -0.39 is 0 Å². The van der Waals surface area contributed by atoms with Gasteiger partial charge >= 0.3 is 0 Å². The van der Waals surface area contributed by atoms with Gasteiger partial charge in [-0.15, -0.1) is 0 Å². The van der Waals surface area contributed by atoms with Crippen molar-refractivity contribution in [2.75, 3.05) is 13.2 Å². The van der Waals surface area contributed by atoms with Gasteiger partial charge in [0.15, 0.2) is 5.79 Å². The highest BCUT2D eigenvalue weighted by Crippen LogP contribution is 2.68. The van der Waals surface area contributed by atoms with Crippen molar-refractivity contribution in [2.45, 2.75) is 90.8 Å². The predicted octanol–water partition coefficient (Wildman–Crippen LogP) is 5.92. The number of carbonyl (C=O) groups is 1. The van der Waals surface area contributed by atoms with Gasteiger partial charge in [-0.05, 0) is 85.4 Å². The number of hydrogen-bond acceptors (Lipinski definition) is 3. The third-order valence-electron chi connectivity index (χ3n) is 10.4. The second-order valence-corrected chi connectivity index (χ2v) is 11.5. The maximum absolute atomic E-state index is 10.9. The molecule has 4 aliphatic carbocycles. The molecule has 0 aromatic rings. The molecule has 0 aromatic carbocycles. The van der Waals surface area contributed by atoms with E-state index >= 15 is 0 Å². The van der Waals surface area contributed by atoms with Crippen LogP contribution in [0.5, 0.6) is 0 Å². The highest BCUT2D eigenvalue weighted by Gasteiger charge is 2.60. The summed E-state index contributed by atoms with van der Waals surface area (Å²) < 4.78 is 12.2. The zero-order chi connectivity index (χ0) is 20.3. The third-order valence-corrected chi connectivity index (χ3v) is 10.4. The van der Waals surface area contributed by atoms with Crippen molar-refractivity contribution in [3.8, 4) is 0 Å². The lowest BCUT2D eigenvalue weighted by Crippen LogP contribution is -2.52. The topological polar surface area (TPSA) is 35.5 Å². The Morgan fingerprint density at radius 3 is 2.66 bits per heavy atom. The highest BCUT2D eigenvalue weighted by molar-refractivity contribution is 5.49. The molecule has 5 rings (SSSR count). The zero-order valence-electron chi connectivity index (χ0n) is 18.8. The second-order valence-electron chi connectivity index (χ2n) is 11.5. The van der Waals surface area contributed by atoms with Gasteiger partial charge in [-0.3, -0.25) is 0 Å². The molecule has 162 valence electrons. The fraction of sp³-hybridized carbons (Fsp3) is 0.885. The molecule has 0 N–H and O–H groups in total. The number of ether oxygens (including phenoxy) is 2. The van der Waals surface area contributed by atoms with Crippen LogP contribution in [0.4, 0.5) is 0 Å². The van der Waals surface area contributed by atoms with Gasteiger partial charge in [-0.2, -0.15) is 0 Å². The van der Waals surface area contributed by atoms with Crippen LogP contribution in [-0.2, 0) is 14.3 Å². The second kappa shape index (κ2) is 7.19. The lowest BCUT2D eigenvalue weighted by atomic mass is 9.46. The predicted molar refractivity (Wildman–Crippen MR) is 114 cm³/mol. The van der Waals surface area contributed by atoms with E-state index in [-0.39, 0.29) is 5.79 Å². The number of rotatable bonds is 4. The first-order valence-electron chi connectivity index (χ1n) is 12.3. The molecule has 1 saturated heterocycles. The summed E-state index contributed by atoms with van der Waals surface area (Å²) >= 11 is 0. The number of carbonyl (C=O) groups excluding carboxylic acids is 1. The van der Waals surface area contributed by atoms with E-state index in [2.05, 4.69) is 26.8 Å². The molecule has 1 spiro atoms. The number of aldehydes is 1. The minimum Gasteiger partial charge on any atom is -0.347 e. The fourth-order valence-electron chi connectivity index (χ4n) is 8.86. The lowest BCUT2D eigenvalue weighted by molar-refractivity contribution is -0.185. The smallest absolute Gasteiger partial charge is 0.172 e. The van der Waals surface area contributed by atoms with Crippen LogP contribution in [-0.4, -0.2) is 25.3 Å². The fourth-order valence-corrected chi connectivity index (χ4v) is 8.86. The van der Waals surface area contributed by atoms with Crippen LogP contribution < -0.4 is 0 Å². The monoisotopic (exact) mass is 400 g/mol. The molecule has 0 aromatic heterocycles. The standard InChI is InChI=1S/C26H40O3/c1-18(5-4-14-27)21-8-9-22-20-7-6-19-17-26(28-15-16-29-26)13-12-24(19,2)23(20)10-11-25(21,22)3/h6,14,18,20-23H,4-5,7-13,15-17H2,1-3H3/t18-,20+,21-,22+,23+,24+,25-/m1/s1. The molecule has 7 atom stereocenters. The largest absolute Gasteiger partial charge is 0.347 e. The number of hydrogen-bond donors (Lipinski definition) is 0. The molecule has 0 bridgehead atoms. The quantitative estimate of drug-likeness (QED) is 0.434. The third kappa shape index (κ3) is 3.01. The summed E-state index contributed by atoms with van der Waals surface area (Å²) in [4.78, 5) is 10.9. The van der Waals surface area contributed by atoms with Crippen LogP contribution in [0, 0.1) is 40.4 Å². The number of allylic oxidation sites excluding steroid dienone is 1. The minimum absolute atomic E-state index is 0.298. The van der Waals surface area contributed by atoms with Crippen LogP contribution in [0.1, 0.15) is 85.0 Å². The summed E-state index contributed by atoms with van der Waals surface area (Å²) in [6.07, 6.45) is 15.7. The minimum atomic E-state index is -0.298. The first-order valence-corrected chi connectivity index (χ1v) is 12.3. The van der Waals surface area contributed by atoms with Crippen molar-refractivity contribution in [1.82, 2.24) is 0 Å². The molecule has 0 unspecified atom stereocenters. The van der Waals surface area contributed by atoms with Gasteiger partial charge in [0.1, 0.15) is 6.29 Å². The summed E-state index contributed by atoms with van der Waals surface area (Å²) in [5.41, 5.74) is 2.48. The summed E-state index contributed by atoms with van der Waals surface area (Å²) in [7, 11) is 0. The Morgan fingerprint density at radius 2 is 1.90 bits per heavy atom. The molecule has 3 heteroatoms. The van der Waals surface area contributed by atoms with Crippen molar-refractivity contribution in [3.05, 3.63) is 11.6 Å². The van der Waals surface area contributed by atoms with Crippen molar-refractivity contribution in [2.24, 2.45) is 40.4 Å².